The first-order valence-electron chi connectivity index (χ1n) is 12.5. The summed E-state index contributed by atoms with van der Waals surface area (Å²) in [5.74, 6) is -8.83. The van der Waals surface area contributed by atoms with Crippen LogP contribution in [0.3, 0.4) is 0 Å². The van der Waals surface area contributed by atoms with Crippen molar-refractivity contribution in [3.63, 3.8) is 0 Å². The van der Waals surface area contributed by atoms with Crippen LogP contribution >= 0.6 is 11.6 Å². The molecule has 216 valence electrons. The summed E-state index contributed by atoms with van der Waals surface area (Å²) < 4.78 is 0. The number of aromatic hydroxyl groups is 1. The van der Waals surface area contributed by atoms with Gasteiger partial charge >= 0.3 is 0 Å². The van der Waals surface area contributed by atoms with Crippen molar-refractivity contribution < 1.29 is 39.6 Å². The molecule has 40 heavy (non-hydrogen) atoms. The van der Waals surface area contributed by atoms with Gasteiger partial charge in [-0.2, -0.15) is 0 Å². The highest BCUT2D eigenvalue weighted by Gasteiger charge is 2.63. The number of likely N-dealkylation sites (N-methyl/N-ethyl adjacent to an activating group) is 1. The van der Waals surface area contributed by atoms with Gasteiger partial charge in [-0.1, -0.05) is 11.6 Å². The minimum Gasteiger partial charge on any atom is -0.510 e. The van der Waals surface area contributed by atoms with Crippen LogP contribution in [0.15, 0.2) is 22.7 Å². The second-order valence-electron chi connectivity index (χ2n) is 11.6. The van der Waals surface area contributed by atoms with E-state index >= 15 is 0 Å². The molecule has 14 heteroatoms. The standard InChI is InChI=1S/C26H32ClN5O8/c1-25(2,3)29-8-12(33)30-24-19(36)14-10(22(27)31-24)6-9-7-11-16(32(4)5)18(35)15(23(28)39)21(38)26(11,40)20(37)13(9)17(14)34/h9,11,16,29,35-37,40H,6-8H2,1-5H3,(H2,28,39)(H,30,31,33)/t9-,11-,16-,26-/m0/s1. The van der Waals surface area contributed by atoms with E-state index in [2.05, 4.69) is 15.6 Å². The maximum atomic E-state index is 13.8. The summed E-state index contributed by atoms with van der Waals surface area (Å²) in [6.45, 7) is 5.43. The van der Waals surface area contributed by atoms with E-state index in [1.807, 2.05) is 20.8 Å². The topological polar surface area (TPSA) is 215 Å². The summed E-state index contributed by atoms with van der Waals surface area (Å²) in [5.41, 5.74) is 0.770. The van der Waals surface area contributed by atoms with E-state index in [9.17, 15) is 39.6 Å². The summed E-state index contributed by atoms with van der Waals surface area (Å²) in [7, 11) is 3.08. The molecule has 2 amide bonds. The summed E-state index contributed by atoms with van der Waals surface area (Å²) in [6, 6.07) is -1.10. The second kappa shape index (κ2) is 9.84. The van der Waals surface area contributed by atoms with Crippen LogP contribution in [0.2, 0.25) is 5.15 Å². The third kappa shape index (κ3) is 4.52. The number of aliphatic hydroxyl groups excluding tert-OH is 2. The Morgan fingerprint density at radius 3 is 2.38 bits per heavy atom. The van der Waals surface area contributed by atoms with Crippen LogP contribution in [0.25, 0.3) is 0 Å². The average molecular weight is 578 g/mol. The minimum absolute atomic E-state index is 0.0201. The van der Waals surface area contributed by atoms with Crippen LogP contribution in [0.4, 0.5) is 5.82 Å². The zero-order chi connectivity index (χ0) is 30.1. The van der Waals surface area contributed by atoms with Crippen molar-refractivity contribution in [2.24, 2.45) is 17.6 Å². The van der Waals surface area contributed by atoms with E-state index in [-0.39, 0.29) is 52.6 Å². The zero-order valence-electron chi connectivity index (χ0n) is 22.6. The fourth-order valence-electron chi connectivity index (χ4n) is 5.77. The summed E-state index contributed by atoms with van der Waals surface area (Å²) in [6.07, 6.45) is -0.104. The van der Waals surface area contributed by atoms with Crippen molar-refractivity contribution in [3.8, 4) is 5.75 Å². The predicted molar refractivity (Wildman–Crippen MR) is 143 cm³/mol. The number of carbonyl (C=O) groups excluding carboxylic acids is 4. The number of hydrogen-bond acceptors (Lipinski definition) is 11. The van der Waals surface area contributed by atoms with Crippen LogP contribution in [-0.2, 0) is 20.8 Å². The van der Waals surface area contributed by atoms with Crippen molar-refractivity contribution in [2.75, 3.05) is 26.0 Å². The Morgan fingerprint density at radius 2 is 1.82 bits per heavy atom. The van der Waals surface area contributed by atoms with E-state index in [1.165, 1.54) is 4.90 Å². The molecule has 0 saturated carbocycles. The summed E-state index contributed by atoms with van der Waals surface area (Å²) in [5, 5.41) is 50.0. The van der Waals surface area contributed by atoms with Crippen molar-refractivity contribution in [3.05, 3.63) is 38.9 Å². The van der Waals surface area contributed by atoms with Gasteiger partial charge in [0.15, 0.2) is 23.0 Å². The van der Waals surface area contributed by atoms with E-state index in [0.717, 1.165) is 0 Å². The molecule has 1 aromatic heterocycles. The van der Waals surface area contributed by atoms with Crippen LogP contribution < -0.4 is 16.4 Å². The molecule has 1 aromatic rings. The lowest BCUT2D eigenvalue weighted by atomic mass is 9.58. The van der Waals surface area contributed by atoms with E-state index < -0.39 is 69.7 Å². The number of Topliss-reactive ketones (excluding diaryl/α,β-unsaturated/α-hetero) is 2. The Bertz CT molecular complexity index is 1410. The summed E-state index contributed by atoms with van der Waals surface area (Å²) in [4.78, 5) is 57.2. The smallest absolute Gasteiger partial charge is 0.255 e. The number of halogens is 1. The maximum absolute atomic E-state index is 13.8. The number of carbonyl (C=O) groups is 4. The largest absolute Gasteiger partial charge is 0.510 e. The number of amides is 2. The lowest BCUT2D eigenvalue weighted by molar-refractivity contribution is -0.148. The molecule has 0 saturated heterocycles. The van der Waals surface area contributed by atoms with E-state index in [4.69, 9.17) is 17.3 Å². The van der Waals surface area contributed by atoms with Crippen LogP contribution in [0.1, 0.15) is 43.1 Å². The van der Waals surface area contributed by atoms with Gasteiger partial charge in [0.1, 0.15) is 22.2 Å². The van der Waals surface area contributed by atoms with Crippen LogP contribution in [0.5, 0.6) is 5.75 Å². The van der Waals surface area contributed by atoms with Crippen molar-refractivity contribution in [1.82, 2.24) is 15.2 Å². The number of rotatable bonds is 5. The number of ketones is 2. The Labute approximate surface area is 234 Å². The highest BCUT2D eigenvalue weighted by atomic mass is 35.5. The quantitative estimate of drug-likeness (QED) is 0.189. The number of hydrogen-bond donors (Lipinski definition) is 7. The molecule has 0 aromatic carbocycles. The van der Waals surface area contributed by atoms with Gasteiger partial charge in [0.05, 0.1) is 18.2 Å². The van der Waals surface area contributed by atoms with Gasteiger partial charge in [0.25, 0.3) is 5.91 Å². The lowest BCUT2D eigenvalue weighted by Crippen LogP contribution is -2.63. The number of anilines is 1. The molecule has 4 atom stereocenters. The Kier molecular flexibility index (Phi) is 7.25. The molecular weight excluding hydrogens is 546 g/mol. The third-order valence-electron chi connectivity index (χ3n) is 7.57. The molecule has 0 bridgehead atoms. The van der Waals surface area contributed by atoms with Gasteiger partial charge in [-0.3, -0.25) is 24.1 Å². The number of aromatic nitrogens is 1. The van der Waals surface area contributed by atoms with Gasteiger partial charge in [0, 0.05) is 22.6 Å². The molecular formula is C26H32ClN5O8. The number of nitrogens with zero attached hydrogens (tertiary/aromatic N) is 2. The SMILES string of the molecule is CN(C)[C@@H]1C(O)=C(C(N)=O)C(=O)[C@@]2(O)C(O)=C3C(=O)c4c(O)c(NC(=O)CNC(C)(C)C)nc(Cl)c4C[C@H]3C[C@@H]12. The molecule has 3 aliphatic carbocycles. The number of primary amides is 1. The number of pyridine rings is 1. The van der Waals surface area contributed by atoms with Gasteiger partial charge in [-0.05, 0) is 53.6 Å². The molecule has 1 heterocycles. The van der Waals surface area contributed by atoms with Crippen molar-refractivity contribution in [1.29, 1.82) is 0 Å². The van der Waals surface area contributed by atoms with E-state index in [0.29, 0.717) is 0 Å². The molecule has 0 radical (unpaired) electrons. The first kappa shape index (κ1) is 29.5. The first-order valence-corrected chi connectivity index (χ1v) is 12.9. The van der Waals surface area contributed by atoms with Crippen molar-refractivity contribution >= 4 is 40.8 Å². The minimum atomic E-state index is -2.76. The molecule has 0 aliphatic heterocycles. The number of aliphatic hydroxyl groups is 3. The molecule has 0 fully saturated rings. The summed E-state index contributed by atoms with van der Waals surface area (Å²) >= 11 is 6.40. The molecule has 0 unspecified atom stereocenters. The zero-order valence-corrected chi connectivity index (χ0v) is 23.4. The Morgan fingerprint density at radius 1 is 1.20 bits per heavy atom. The monoisotopic (exact) mass is 577 g/mol. The van der Waals surface area contributed by atoms with Gasteiger partial charge in [0.2, 0.25) is 11.7 Å². The first-order chi connectivity index (χ1) is 18.4. The fourth-order valence-corrected chi connectivity index (χ4v) is 6.03. The molecule has 13 nitrogen and oxygen atoms in total. The van der Waals surface area contributed by atoms with E-state index in [1.54, 1.807) is 14.1 Å². The molecule has 3 aliphatic rings. The average Bonchev–Trinajstić information content (AvgIpc) is 2.82. The Balaban J connectivity index is 1.82. The molecule has 0 spiro atoms. The lowest BCUT2D eigenvalue weighted by Gasteiger charge is -2.50. The number of nitrogens with two attached hydrogens (primary N) is 1. The maximum Gasteiger partial charge on any atom is 0.255 e. The number of fused-ring (bicyclic) bond motifs is 3. The van der Waals surface area contributed by atoms with Gasteiger partial charge < -0.3 is 36.8 Å². The molecule has 8 N–H and O–H groups in total. The van der Waals surface area contributed by atoms with Gasteiger partial charge in [-0.15, -0.1) is 0 Å². The van der Waals surface area contributed by atoms with Crippen molar-refractivity contribution in [2.45, 2.75) is 50.8 Å². The van der Waals surface area contributed by atoms with Crippen LogP contribution in [-0.4, -0.2) is 91.5 Å². The second-order valence-corrected chi connectivity index (χ2v) is 11.9. The number of nitrogens with one attached hydrogen (secondary N) is 2. The van der Waals surface area contributed by atoms with Crippen LogP contribution in [0, 0.1) is 11.8 Å². The Hall–Kier alpha value is -3.52. The van der Waals surface area contributed by atoms with Gasteiger partial charge in [-0.25, -0.2) is 4.98 Å². The molecule has 4 rings (SSSR count). The highest BCUT2D eigenvalue weighted by Crippen LogP contribution is 2.53. The number of allylic oxidation sites excluding steroid dienone is 1. The highest BCUT2D eigenvalue weighted by molar-refractivity contribution is 6.32. The predicted octanol–water partition coefficient (Wildman–Crippen LogP) is 0.496. The fraction of sp³-hybridized carbons (Fsp3) is 0.500. The normalized spacial score (nSPS) is 26.4. The third-order valence-corrected chi connectivity index (χ3v) is 7.89.